The minimum absolute atomic E-state index is 0.284. The lowest BCUT2D eigenvalue weighted by molar-refractivity contribution is 0.288. The molecule has 0 spiro atoms. The smallest absolute Gasteiger partial charge is 0.232 e. The van der Waals surface area contributed by atoms with Gasteiger partial charge < -0.3 is 9.26 Å². The first-order valence-corrected chi connectivity index (χ1v) is 7.56. The molecule has 0 aliphatic rings. The minimum atomic E-state index is 0.284. The lowest BCUT2D eigenvalue weighted by Gasteiger charge is -2.06. The summed E-state index contributed by atoms with van der Waals surface area (Å²) in [6.45, 7) is 4.22. The van der Waals surface area contributed by atoms with Crippen molar-refractivity contribution in [3.8, 4) is 17.1 Å². The van der Waals surface area contributed by atoms with Crippen LogP contribution in [0, 0.1) is 6.92 Å². The highest BCUT2D eigenvalue weighted by Gasteiger charge is 2.17. The Balaban J connectivity index is 1.86. The molecule has 3 rings (SSSR count). The number of halogens is 1. The molecule has 0 bridgehead atoms. The van der Waals surface area contributed by atoms with Crippen molar-refractivity contribution in [1.29, 1.82) is 0 Å². The van der Waals surface area contributed by atoms with E-state index in [1.165, 1.54) is 12.4 Å². The maximum Gasteiger partial charge on any atom is 0.232 e. The van der Waals surface area contributed by atoms with Crippen LogP contribution in [0.3, 0.4) is 0 Å². The molecule has 3 aromatic heterocycles. The van der Waals surface area contributed by atoms with E-state index in [9.17, 15) is 0 Å². The Morgan fingerprint density at radius 3 is 2.65 bits per heavy atom. The third kappa shape index (κ3) is 3.48. The van der Waals surface area contributed by atoms with Crippen LogP contribution in [0.2, 0.25) is 5.15 Å². The van der Waals surface area contributed by atoms with Crippen LogP contribution in [0.4, 0.5) is 0 Å². The molecule has 3 aromatic rings. The van der Waals surface area contributed by atoms with E-state index in [1.807, 2.05) is 26.0 Å². The van der Waals surface area contributed by atoms with E-state index in [-0.39, 0.29) is 6.61 Å². The summed E-state index contributed by atoms with van der Waals surface area (Å²) in [4.78, 5) is 12.3. The molecule has 0 fully saturated rings. The Morgan fingerprint density at radius 1 is 1.13 bits per heavy atom. The van der Waals surface area contributed by atoms with E-state index in [0.29, 0.717) is 11.0 Å². The molecular formula is C16H15ClN4O2. The summed E-state index contributed by atoms with van der Waals surface area (Å²) in [7, 11) is 0. The molecule has 0 radical (unpaired) electrons. The van der Waals surface area contributed by atoms with E-state index in [2.05, 4.69) is 20.1 Å². The molecule has 0 atom stereocenters. The first-order valence-electron chi connectivity index (χ1n) is 7.18. The standard InChI is InChI=1S/C16H15ClN4O2/c1-3-13-12(9-22-15-8-19-14(17)7-20-15)16(21-23-13)11-5-4-10(2)18-6-11/h4-8H,3,9H2,1-2H3. The summed E-state index contributed by atoms with van der Waals surface area (Å²) in [5.41, 5.74) is 3.45. The van der Waals surface area contributed by atoms with Gasteiger partial charge in [0.1, 0.15) is 23.2 Å². The van der Waals surface area contributed by atoms with Crippen molar-refractivity contribution in [2.75, 3.05) is 0 Å². The van der Waals surface area contributed by atoms with E-state index >= 15 is 0 Å². The molecule has 0 saturated heterocycles. The number of aromatic nitrogens is 4. The lowest BCUT2D eigenvalue weighted by Crippen LogP contribution is -2.01. The average Bonchev–Trinajstić information content (AvgIpc) is 2.98. The van der Waals surface area contributed by atoms with E-state index < -0.39 is 0 Å². The van der Waals surface area contributed by atoms with Crippen LogP contribution in [0.15, 0.2) is 35.2 Å². The second-order valence-corrected chi connectivity index (χ2v) is 5.33. The highest BCUT2D eigenvalue weighted by Crippen LogP contribution is 2.26. The summed E-state index contributed by atoms with van der Waals surface area (Å²) in [5.74, 6) is 1.17. The highest BCUT2D eigenvalue weighted by molar-refractivity contribution is 6.29. The normalized spacial score (nSPS) is 10.7. The van der Waals surface area contributed by atoms with Crippen molar-refractivity contribution in [2.24, 2.45) is 0 Å². The van der Waals surface area contributed by atoms with Crippen molar-refractivity contribution < 1.29 is 9.26 Å². The number of rotatable bonds is 5. The fraction of sp³-hybridized carbons (Fsp3) is 0.250. The number of nitrogens with zero attached hydrogens (tertiary/aromatic N) is 4. The monoisotopic (exact) mass is 330 g/mol. The Bertz CT molecular complexity index is 785. The van der Waals surface area contributed by atoms with E-state index in [0.717, 1.165) is 34.7 Å². The number of aryl methyl sites for hydroxylation is 2. The molecule has 0 aliphatic heterocycles. The molecule has 0 N–H and O–H groups in total. The second-order valence-electron chi connectivity index (χ2n) is 4.94. The predicted molar refractivity (Wildman–Crippen MR) is 85.2 cm³/mol. The number of hydrogen-bond donors (Lipinski definition) is 0. The van der Waals surface area contributed by atoms with Gasteiger partial charge in [-0.05, 0) is 19.1 Å². The van der Waals surface area contributed by atoms with Gasteiger partial charge in [0.2, 0.25) is 5.88 Å². The van der Waals surface area contributed by atoms with Crippen LogP contribution in [0.1, 0.15) is 23.9 Å². The molecule has 0 aliphatic carbocycles. The van der Waals surface area contributed by atoms with Crippen LogP contribution < -0.4 is 4.74 Å². The van der Waals surface area contributed by atoms with Gasteiger partial charge in [-0.2, -0.15) is 0 Å². The zero-order chi connectivity index (χ0) is 16.2. The maximum atomic E-state index is 5.72. The fourth-order valence-corrected chi connectivity index (χ4v) is 2.22. The van der Waals surface area contributed by atoms with Gasteiger partial charge in [-0.25, -0.2) is 9.97 Å². The molecule has 0 amide bonds. The van der Waals surface area contributed by atoms with Crippen molar-refractivity contribution in [3.63, 3.8) is 0 Å². The Morgan fingerprint density at radius 2 is 2.00 bits per heavy atom. The zero-order valence-electron chi connectivity index (χ0n) is 12.8. The summed E-state index contributed by atoms with van der Waals surface area (Å²) in [6.07, 6.45) is 5.42. The SMILES string of the molecule is CCc1onc(-c2ccc(C)nc2)c1COc1cnc(Cl)cn1. The number of pyridine rings is 1. The van der Waals surface area contributed by atoms with E-state index in [4.69, 9.17) is 20.9 Å². The van der Waals surface area contributed by atoms with Gasteiger partial charge in [-0.1, -0.05) is 23.7 Å². The van der Waals surface area contributed by atoms with Gasteiger partial charge in [-0.3, -0.25) is 4.98 Å². The maximum absolute atomic E-state index is 5.72. The molecule has 7 heteroatoms. The largest absolute Gasteiger partial charge is 0.471 e. The quantitative estimate of drug-likeness (QED) is 0.711. The van der Waals surface area contributed by atoms with Gasteiger partial charge in [0.25, 0.3) is 0 Å². The first-order chi connectivity index (χ1) is 11.2. The topological polar surface area (TPSA) is 73.9 Å². The predicted octanol–water partition coefficient (Wildman–Crippen LogP) is 3.63. The third-order valence-electron chi connectivity index (χ3n) is 3.34. The van der Waals surface area contributed by atoms with Crippen LogP contribution >= 0.6 is 11.6 Å². The second kappa shape index (κ2) is 6.75. The lowest BCUT2D eigenvalue weighted by atomic mass is 10.1. The highest BCUT2D eigenvalue weighted by atomic mass is 35.5. The Kier molecular flexibility index (Phi) is 4.52. The molecular weight excluding hydrogens is 316 g/mol. The van der Waals surface area contributed by atoms with Crippen LogP contribution in [-0.2, 0) is 13.0 Å². The first kappa shape index (κ1) is 15.4. The Labute approximate surface area is 138 Å². The Hall–Kier alpha value is -2.47. The molecule has 23 heavy (non-hydrogen) atoms. The van der Waals surface area contributed by atoms with Crippen molar-refractivity contribution in [1.82, 2.24) is 20.1 Å². The summed E-state index contributed by atoms with van der Waals surface area (Å²) >= 11 is 5.72. The van der Waals surface area contributed by atoms with E-state index in [1.54, 1.807) is 6.20 Å². The molecule has 3 heterocycles. The van der Waals surface area contributed by atoms with Crippen LogP contribution in [0.25, 0.3) is 11.3 Å². The van der Waals surface area contributed by atoms with Gasteiger partial charge >= 0.3 is 0 Å². The minimum Gasteiger partial charge on any atom is -0.471 e. The van der Waals surface area contributed by atoms with Gasteiger partial charge in [0.05, 0.1) is 18.0 Å². The molecule has 0 aromatic carbocycles. The summed E-state index contributed by atoms with van der Waals surface area (Å²) < 4.78 is 11.1. The fourth-order valence-electron chi connectivity index (χ4n) is 2.13. The summed E-state index contributed by atoms with van der Waals surface area (Å²) in [5, 5.41) is 4.48. The number of hydrogen-bond acceptors (Lipinski definition) is 6. The van der Waals surface area contributed by atoms with Crippen LogP contribution in [0.5, 0.6) is 5.88 Å². The molecule has 118 valence electrons. The zero-order valence-corrected chi connectivity index (χ0v) is 13.5. The van der Waals surface area contributed by atoms with Crippen molar-refractivity contribution >= 4 is 11.6 Å². The average molecular weight is 331 g/mol. The number of ether oxygens (including phenoxy) is 1. The van der Waals surface area contributed by atoms with Gasteiger partial charge in [-0.15, -0.1) is 0 Å². The van der Waals surface area contributed by atoms with Crippen molar-refractivity contribution in [2.45, 2.75) is 26.9 Å². The molecule has 0 unspecified atom stereocenters. The third-order valence-corrected chi connectivity index (χ3v) is 3.53. The molecule has 0 saturated carbocycles. The molecule has 6 nitrogen and oxygen atoms in total. The van der Waals surface area contributed by atoms with Crippen molar-refractivity contribution in [3.05, 3.63) is 52.9 Å². The van der Waals surface area contributed by atoms with Crippen LogP contribution in [-0.4, -0.2) is 20.1 Å². The van der Waals surface area contributed by atoms with Gasteiger partial charge in [0.15, 0.2) is 0 Å². The van der Waals surface area contributed by atoms with Gasteiger partial charge in [0, 0.05) is 23.9 Å². The summed E-state index contributed by atoms with van der Waals surface area (Å²) in [6, 6.07) is 3.90.